The van der Waals surface area contributed by atoms with Crippen LogP contribution in [-0.2, 0) is 0 Å². The van der Waals surface area contributed by atoms with Gasteiger partial charge in [0.15, 0.2) is 0 Å². The minimum atomic E-state index is -1.84. The first-order valence-electron chi connectivity index (χ1n) is 3.59. The zero-order valence-corrected chi connectivity index (χ0v) is 6.43. The monoisotopic (exact) mass is 161 g/mol. The molecule has 0 aromatic carbocycles. The third kappa shape index (κ3) is 3.95. The van der Waals surface area contributed by atoms with Crippen LogP contribution in [0.15, 0.2) is 0 Å². The van der Waals surface area contributed by atoms with Gasteiger partial charge in [0.25, 0.3) is 0 Å². The molecule has 0 spiro atoms. The molecule has 0 fully saturated rings. The van der Waals surface area contributed by atoms with Crippen LogP contribution >= 0.6 is 0 Å². The molecule has 0 aliphatic heterocycles. The average Bonchev–Trinajstić information content (AvgIpc) is 1.87. The minimum Gasteiger partial charge on any atom is -0.422 e. The van der Waals surface area contributed by atoms with Gasteiger partial charge in [0.1, 0.15) is 0 Å². The van der Waals surface area contributed by atoms with Gasteiger partial charge in [-0.05, 0) is 6.42 Å². The van der Waals surface area contributed by atoms with E-state index >= 15 is 0 Å². The number of rotatable bonds is 5. The van der Waals surface area contributed by atoms with Crippen LogP contribution < -0.4 is 0 Å². The van der Waals surface area contributed by atoms with Crippen molar-refractivity contribution in [2.24, 2.45) is 0 Å². The maximum Gasteiger partial charge on any atom is 0.533 e. The molecule has 0 aromatic rings. The van der Waals surface area contributed by atoms with Crippen molar-refractivity contribution in [1.82, 2.24) is 0 Å². The summed E-state index contributed by atoms with van der Waals surface area (Å²) in [6, 6.07) is 0. The van der Waals surface area contributed by atoms with Crippen molar-refractivity contribution in [3.05, 3.63) is 10.1 Å². The van der Waals surface area contributed by atoms with Crippen molar-refractivity contribution < 1.29 is 15.0 Å². The number of unbranched alkanes of at least 4 members (excludes halogenated alkanes) is 1. The minimum absolute atomic E-state index is 0.223. The molecule has 2 N–H and O–H groups in total. The molecule has 0 aliphatic carbocycles. The first-order chi connectivity index (χ1) is 5.09. The summed E-state index contributed by atoms with van der Waals surface area (Å²) in [4.78, 5) is 9.48. The number of nitro groups is 1. The number of nitrogens with zero attached hydrogens (tertiary/aromatic N) is 1. The summed E-state index contributed by atoms with van der Waals surface area (Å²) in [5.74, 6) is -1.23. The summed E-state index contributed by atoms with van der Waals surface area (Å²) in [5, 5.41) is 27.2. The van der Waals surface area contributed by atoms with Crippen molar-refractivity contribution in [2.75, 3.05) is 0 Å². The molecule has 0 aliphatic rings. The highest BCUT2D eigenvalue weighted by atomic mass is 16.6. The van der Waals surface area contributed by atoms with E-state index in [0.717, 1.165) is 6.42 Å². The molecule has 0 bridgehead atoms. The number of hydrogen-bond acceptors (Lipinski definition) is 4. The van der Waals surface area contributed by atoms with Gasteiger partial charge in [0, 0.05) is 11.3 Å². The van der Waals surface area contributed by atoms with Crippen LogP contribution in [0.3, 0.4) is 0 Å². The summed E-state index contributed by atoms with van der Waals surface area (Å²) in [6.45, 7) is 1.89. The Morgan fingerprint density at radius 3 is 2.45 bits per heavy atom. The highest BCUT2D eigenvalue weighted by Crippen LogP contribution is 2.04. The summed E-state index contributed by atoms with van der Waals surface area (Å²) in [7, 11) is -1.84. The standard InChI is InChI=1S/C5H12BNO4/c1-2-3-4-5(6(8)9)7(10)11/h5,8-9H,2-4H2,1H3. The van der Waals surface area contributed by atoms with E-state index in [2.05, 4.69) is 0 Å². The molecule has 0 amide bonds. The Hall–Kier alpha value is -0.615. The number of hydrogen-bond donors (Lipinski definition) is 2. The summed E-state index contributed by atoms with van der Waals surface area (Å²) in [6.07, 6.45) is 1.68. The van der Waals surface area contributed by atoms with Crippen molar-refractivity contribution in [1.29, 1.82) is 0 Å². The fourth-order valence-corrected chi connectivity index (χ4v) is 0.777. The first-order valence-corrected chi connectivity index (χ1v) is 3.59. The molecule has 0 saturated heterocycles. The van der Waals surface area contributed by atoms with Crippen LogP contribution in [-0.4, -0.2) is 28.0 Å². The molecule has 0 rings (SSSR count). The summed E-state index contributed by atoms with van der Waals surface area (Å²) < 4.78 is 0. The van der Waals surface area contributed by atoms with Gasteiger partial charge >= 0.3 is 7.12 Å². The molecule has 64 valence electrons. The predicted octanol–water partition coefficient (Wildman–Crippen LogP) is -0.166. The van der Waals surface area contributed by atoms with Crippen LogP contribution in [0.2, 0.25) is 0 Å². The Morgan fingerprint density at radius 1 is 1.64 bits per heavy atom. The maximum absolute atomic E-state index is 10.1. The van der Waals surface area contributed by atoms with E-state index in [1.54, 1.807) is 0 Å². The van der Waals surface area contributed by atoms with E-state index in [0.29, 0.717) is 6.42 Å². The van der Waals surface area contributed by atoms with Gasteiger partial charge in [0.2, 0.25) is 5.94 Å². The topological polar surface area (TPSA) is 83.6 Å². The first kappa shape index (κ1) is 10.4. The Morgan fingerprint density at radius 2 is 2.18 bits per heavy atom. The summed E-state index contributed by atoms with van der Waals surface area (Å²) >= 11 is 0. The van der Waals surface area contributed by atoms with Crippen molar-refractivity contribution in [2.45, 2.75) is 32.1 Å². The molecule has 6 heteroatoms. The third-order valence-corrected chi connectivity index (χ3v) is 1.47. The fourth-order valence-electron chi connectivity index (χ4n) is 0.777. The predicted molar refractivity (Wildman–Crippen MR) is 40.5 cm³/mol. The Balaban J connectivity index is 3.80. The van der Waals surface area contributed by atoms with Gasteiger partial charge in [-0.3, -0.25) is 10.1 Å². The second kappa shape index (κ2) is 5.09. The molecule has 1 atom stereocenters. The van der Waals surface area contributed by atoms with Crippen molar-refractivity contribution in [3.8, 4) is 0 Å². The van der Waals surface area contributed by atoms with E-state index < -0.39 is 18.0 Å². The highest BCUT2D eigenvalue weighted by Gasteiger charge is 2.33. The van der Waals surface area contributed by atoms with E-state index in [4.69, 9.17) is 10.0 Å². The molecular weight excluding hydrogens is 149 g/mol. The molecule has 0 aromatic heterocycles. The van der Waals surface area contributed by atoms with Crippen LogP contribution in [0.1, 0.15) is 26.2 Å². The van der Waals surface area contributed by atoms with Gasteiger partial charge < -0.3 is 10.0 Å². The summed E-state index contributed by atoms with van der Waals surface area (Å²) in [5.41, 5.74) is 0. The Bertz CT molecular complexity index is 130. The van der Waals surface area contributed by atoms with E-state index in [1.165, 1.54) is 0 Å². The molecule has 0 radical (unpaired) electrons. The van der Waals surface area contributed by atoms with Crippen molar-refractivity contribution >= 4 is 7.12 Å². The SMILES string of the molecule is CCCCC(B(O)O)[N+](=O)[O-]. The van der Waals surface area contributed by atoms with Gasteiger partial charge in [-0.1, -0.05) is 13.3 Å². The lowest BCUT2D eigenvalue weighted by Crippen LogP contribution is -2.37. The highest BCUT2D eigenvalue weighted by molar-refractivity contribution is 6.42. The van der Waals surface area contributed by atoms with Crippen LogP contribution in [0.5, 0.6) is 0 Å². The largest absolute Gasteiger partial charge is 0.533 e. The Kier molecular flexibility index (Phi) is 4.81. The maximum atomic E-state index is 10.1. The average molecular weight is 161 g/mol. The quantitative estimate of drug-likeness (QED) is 0.333. The third-order valence-electron chi connectivity index (χ3n) is 1.47. The van der Waals surface area contributed by atoms with E-state index in [9.17, 15) is 10.1 Å². The lowest BCUT2D eigenvalue weighted by Gasteiger charge is -2.05. The van der Waals surface area contributed by atoms with Crippen LogP contribution in [0.25, 0.3) is 0 Å². The second-order valence-corrected chi connectivity index (χ2v) is 2.41. The molecule has 0 heterocycles. The normalized spacial score (nSPS) is 12.6. The fraction of sp³-hybridized carbons (Fsp3) is 1.00. The molecule has 0 saturated carbocycles. The van der Waals surface area contributed by atoms with Gasteiger partial charge in [-0.15, -0.1) is 0 Å². The van der Waals surface area contributed by atoms with Crippen LogP contribution in [0, 0.1) is 10.1 Å². The molecule has 1 unspecified atom stereocenters. The zero-order chi connectivity index (χ0) is 8.85. The molecule has 11 heavy (non-hydrogen) atoms. The van der Waals surface area contributed by atoms with Crippen molar-refractivity contribution in [3.63, 3.8) is 0 Å². The van der Waals surface area contributed by atoms with Gasteiger partial charge in [-0.2, -0.15) is 0 Å². The molecular formula is C5H12BNO4. The Labute approximate surface area is 65.3 Å². The molecule has 5 nitrogen and oxygen atoms in total. The second-order valence-electron chi connectivity index (χ2n) is 2.41. The van der Waals surface area contributed by atoms with Gasteiger partial charge in [-0.25, -0.2) is 0 Å². The zero-order valence-electron chi connectivity index (χ0n) is 6.43. The van der Waals surface area contributed by atoms with Gasteiger partial charge in [0.05, 0.1) is 0 Å². The lowest BCUT2D eigenvalue weighted by molar-refractivity contribution is -0.505. The van der Waals surface area contributed by atoms with Crippen LogP contribution in [0.4, 0.5) is 0 Å². The smallest absolute Gasteiger partial charge is 0.422 e. The lowest BCUT2D eigenvalue weighted by atomic mass is 9.77. The van der Waals surface area contributed by atoms with E-state index in [-0.39, 0.29) is 6.42 Å². The van der Waals surface area contributed by atoms with E-state index in [1.807, 2.05) is 6.92 Å².